The van der Waals surface area contributed by atoms with Crippen molar-refractivity contribution in [1.29, 1.82) is 0 Å². The van der Waals surface area contributed by atoms with Crippen LogP contribution in [0, 0.1) is 6.92 Å². The van der Waals surface area contributed by atoms with Crippen molar-refractivity contribution in [2.24, 2.45) is 0 Å². The van der Waals surface area contributed by atoms with Crippen molar-refractivity contribution >= 4 is 18.3 Å². The van der Waals surface area contributed by atoms with E-state index in [-0.39, 0.29) is 18.3 Å². The Morgan fingerprint density at radius 3 is 2.54 bits per heavy atom. The van der Waals surface area contributed by atoms with E-state index in [1.54, 1.807) is 0 Å². The zero-order valence-electron chi connectivity index (χ0n) is 13.9. The second-order valence-corrected chi connectivity index (χ2v) is 6.42. The maximum atomic E-state index is 12.9. The van der Waals surface area contributed by atoms with Crippen LogP contribution in [-0.4, -0.2) is 46.8 Å². The van der Waals surface area contributed by atoms with Gasteiger partial charge in [0.25, 0.3) is 5.91 Å². The molecule has 0 spiro atoms. The van der Waals surface area contributed by atoms with E-state index in [1.165, 1.54) is 11.3 Å². The molecule has 1 saturated heterocycles. The largest absolute Gasteiger partial charge is 0.335 e. The highest BCUT2D eigenvalue weighted by atomic mass is 35.5. The lowest BCUT2D eigenvalue weighted by Gasteiger charge is -2.26. The van der Waals surface area contributed by atoms with Crippen molar-refractivity contribution in [3.8, 4) is 5.69 Å². The number of carbonyl (C=O) groups is 1. The van der Waals surface area contributed by atoms with Gasteiger partial charge in [-0.3, -0.25) is 4.79 Å². The van der Waals surface area contributed by atoms with E-state index in [1.807, 2.05) is 9.58 Å². The van der Waals surface area contributed by atoms with Gasteiger partial charge in [-0.25, -0.2) is 4.68 Å². The lowest BCUT2D eigenvalue weighted by Crippen LogP contribution is -2.46. The fourth-order valence-corrected chi connectivity index (χ4v) is 3.53. The Labute approximate surface area is 148 Å². The Balaban J connectivity index is 0.00000169. The average Bonchev–Trinajstić information content (AvgIpc) is 3.18. The number of halogens is 1. The summed E-state index contributed by atoms with van der Waals surface area (Å²) < 4.78 is 1.98. The minimum absolute atomic E-state index is 0. The maximum absolute atomic E-state index is 12.9. The Morgan fingerprint density at radius 1 is 1.12 bits per heavy atom. The molecular weight excluding hydrogens is 324 g/mol. The molecule has 0 unspecified atom stereocenters. The van der Waals surface area contributed by atoms with E-state index in [9.17, 15) is 4.79 Å². The molecule has 5 nitrogen and oxygen atoms in total. The number of fused-ring (bicyclic) bond motifs is 1. The summed E-state index contributed by atoms with van der Waals surface area (Å²) in [6.07, 6.45) is 3.08. The average molecular weight is 347 g/mol. The molecule has 0 bridgehead atoms. The Morgan fingerprint density at radius 2 is 1.83 bits per heavy atom. The molecule has 1 amide bonds. The first-order valence-corrected chi connectivity index (χ1v) is 8.42. The van der Waals surface area contributed by atoms with Crippen LogP contribution in [0.3, 0.4) is 0 Å². The van der Waals surface area contributed by atoms with E-state index in [0.717, 1.165) is 56.7 Å². The van der Waals surface area contributed by atoms with Gasteiger partial charge in [-0.05, 0) is 38.3 Å². The molecule has 0 radical (unpaired) electrons. The highest BCUT2D eigenvalue weighted by Crippen LogP contribution is 2.28. The van der Waals surface area contributed by atoms with Gasteiger partial charge in [-0.1, -0.05) is 17.7 Å². The van der Waals surface area contributed by atoms with Crippen molar-refractivity contribution in [2.75, 3.05) is 26.2 Å². The lowest BCUT2D eigenvalue weighted by atomic mass is 10.1. The minimum Gasteiger partial charge on any atom is -0.335 e. The Kier molecular flexibility index (Phi) is 4.92. The number of rotatable bonds is 2. The van der Waals surface area contributed by atoms with Crippen molar-refractivity contribution in [3.05, 3.63) is 46.8 Å². The number of benzene rings is 1. The lowest BCUT2D eigenvalue weighted by molar-refractivity contribution is 0.0728. The topological polar surface area (TPSA) is 50.2 Å². The molecule has 2 aromatic rings. The number of amides is 1. The van der Waals surface area contributed by atoms with Crippen molar-refractivity contribution in [1.82, 2.24) is 20.0 Å². The van der Waals surface area contributed by atoms with Gasteiger partial charge in [0.1, 0.15) is 0 Å². The van der Waals surface area contributed by atoms with Gasteiger partial charge < -0.3 is 10.2 Å². The molecule has 0 saturated carbocycles. The highest BCUT2D eigenvalue weighted by molar-refractivity contribution is 5.94. The SMILES string of the molecule is Cc1ccc(-n2nc(C(=O)N3CCNCC3)c3c2CCC3)cc1.Cl. The number of nitrogens with zero attached hydrogens (tertiary/aromatic N) is 3. The number of aryl methyl sites for hydroxylation is 1. The van der Waals surface area contributed by atoms with E-state index in [2.05, 4.69) is 36.5 Å². The maximum Gasteiger partial charge on any atom is 0.274 e. The molecule has 1 aromatic heterocycles. The van der Waals surface area contributed by atoms with Gasteiger partial charge in [-0.2, -0.15) is 5.10 Å². The summed E-state index contributed by atoms with van der Waals surface area (Å²) >= 11 is 0. The third-order valence-electron chi connectivity index (χ3n) is 4.82. The van der Waals surface area contributed by atoms with E-state index in [4.69, 9.17) is 5.10 Å². The normalized spacial score (nSPS) is 16.6. The number of carbonyl (C=O) groups excluding carboxylic acids is 1. The summed E-state index contributed by atoms with van der Waals surface area (Å²) in [5.41, 5.74) is 5.32. The number of piperazine rings is 1. The second-order valence-electron chi connectivity index (χ2n) is 6.42. The van der Waals surface area contributed by atoms with Crippen LogP contribution in [-0.2, 0) is 12.8 Å². The van der Waals surface area contributed by atoms with Crippen molar-refractivity contribution < 1.29 is 4.79 Å². The first-order chi connectivity index (χ1) is 11.2. The Bertz CT molecular complexity index is 732. The summed E-state index contributed by atoms with van der Waals surface area (Å²) in [6.45, 7) is 5.35. The molecule has 4 rings (SSSR count). The van der Waals surface area contributed by atoms with Gasteiger partial charge in [0.15, 0.2) is 5.69 Å². The number of hydrogen-bond donors (Lipinski definition) is 1. The first-order valence-electron chi connectivity index (χ1n) is 8.42. The van der Waals surface area contributed by atoms with Crippen LogP contribution in [0.2, 0.25) is 0 Å². The standard InChI is InChI=1S/C18H22N4O.ClH/c1-13-5-7-14(8-6-13)22-16-4-2-3-15(16)17(20-22)18(23)21-11-9-19-10-12-21;/h5-8,19H,2-4,9-12H2,1H3;1H. The third-order valence-corrected chi connectivity index (χ3v) is 4.82. The van der Waals surface area contributed by atoms with Crippen LogP contribution >= 0.6 is 12.4 Å². The van der Waals surface area contributed by atoms with Crippen LogP contribution in [0.15, 0.2) is 24.3 Å². The van der Waals surface area contributed by atoms with Crippen molar-refractivity contribution in [2.45, 2.75) is 26.2 Å². The molecule has 0 atom stereocenters. The predicted octanol–water partition coefficient (Wildman–Crippen LogP) is 2.14. The summed E-state index contributed by atoms with van der Waals surface area (Å²) in [6, 6.07) is 8.35. The highest BCUT2D eigenvalue weighted by Gasteiger charge is 2.29. The molecule has 2 heterocycles. The van der Waals surface area contributed by atoms with Crippen LogP contribution in [0.4, 0.5) is 0 Å². The van der Waals surface area contributed by atoms with Crippen LogP contribution < -0.4 is 5.32 Å². The zero-order valence-corrected chi connectivity index (χ0v) is 14.7. The third kappa shape index (κ3) is 2.94. The molecule has 24 heavy (non-hydrogen) atoms. The summed E-state index contributed by atoms with van der Waals surface area (Å²) in [7, 11) is 0. The molecule has 1 aliphatic carbocycles. The van der Waals surface area contributed by atoms with Crippen molar-refractivity contribution in [3.63, 3.8) is 0 Å². The predicted molar refractivity (Wildman–Crippen MR) is 96.3 cm³/mol. The molecule has 6 heteroatoms. The fourth-order valence-electron chi connectivity index (χ4n) is 3.53. The molecule has 2 aliphatic rings. The molecule has 128 valence electrons. The van der Waals surface area contributed by atoms with Gasteiger partial charge in [0.2, 0.25) is 0 Å². The molecule has 1 aromatic carbocycles. The first kappa shape index (κ1) is 17.0. The monoisotopic (exact) mass is 346 g/mol. The van der Waals surface area contributed by atoms with E-state index >= 15 is 0 Å². The molecule has 1 N–H and O–H groups in total. The van der Waals surface area contributed by atoms with E-state index in [0.29, 0.717) is 5.69 Å². The quantitative estimate of drug-likeness (QED) is 0.906. The second kappa shape index (κ2) is 6.95. The van der Waals surface area contributed by atoms with Gasteiger partial charge in [-0.15, -0.1) is 12.4 Å². The van der Waals surface area contributed by atoms with Crippen LogP contribution in [0.1, 0.15) is 33.7 Å². The number of hydrogen-bond acceptors (Lipinski definition) is 3. The van der Waals surface area contributed by atoms with Gasteiger partial charge >= 0.3 is 0 Å². The molecule has 1 aliphatic heterocycles. The van der Waals surface area contributed by atoms with Gasteiger partial charge in [0, 0.05) is 37.4 Å². The summed E-state index contributed by atoms with van der Waals surface area (Å²) in [4.78, 5) is 14.8. The number of nitrogens with one attached hydrogen (secondary N) is 1. The molecule has 1 fully saturated rings. The fraction of sp³-hybridized carbons (Fsp3) is 0.444. The Hall–Kier alpha value is -1.85. The minimum atomic E-state index is 0. The summed E-state index contributed by atoms with van der Waals surface area (Å²) in [5, 5.41) is 8.00. The van der Waals surface area contributed by atoms with Gasteiger partial charge in [0.05, 0.1) is 5.69 Å². The smallest absolute Gasteiger partial charge is 0.274 e. The molecular formula is C18H23ClN4O. The summed E-state index contributed by atoms with van der Waals surface area (Å²) in [5.74, 6) is 0.0931. The number of aromatic nitrogens is 2. The van der Waals surface area contributed by atoms with Crippen LogP contribution in [0.25, 0.3) is 5.69 Å². The zero-order chi connectivity index (χ0) is 15.8. The van der Waals surface area contributed by atoms with Crippen LogP contribution in [0.5, 0.6) is 0 Å². The van der Waals surface area contributed by atoms with E-state index < -0.39 is 0 Å².